The summed E-state index contributed by atoms with van der Waals surface area (Å²) in [5.74, 6) is -0.432. The Bertz CT molecular complexity index is 962. The molecule has 0 spiro atoms. The van der Waals surface area contributed by atoms with Crippen LogP contribution in [0, 0.1) is 13.8 Å². The van der Waals surface area contributed by atoms with Crippen molar-refractivity contribution in [2.45, 2.75) is 58.9 Å². The van der Waals surface area contributed by atoms with Gasteiger partial charge in [0, 0.05) is 16.5 Å². The summed E-state index contributed by atoms with van der Waals surface area (Å²) < 4.78 is 10.7. The topological polar surface area (TPSA) is 93.7 Å². The van der Waals surface area contributed by atoms with Crippen molar-refractivity contribution in [1.82, 2.24) is 5.32 Å². The lowest BCUT2D eigenvalue weighted by Crippen LogP contribution is -2.36. The molecule has 0 saturated heterocycles. The van der Waals surface area contributed by atoms with Gasteiger partial charge in [-0.1, -0.05) is 19.3 Å². The predicted molar refractivity (Wildman–Crippen MR) is 125 cm³/mol. The largest absolute Gasteiger partial charge is 0.484 e. The number of amides is 2. The minimum Gasteiger partial charge on any atom is -0.484 e. The molecule has 2 amide bonds. The summed E-state index contributed by atoms with van der Waals surface area (Å²) in [7, 11) is 0. The van der Waals surface area contributed by atoms with Gasteiger partial charge in [-0.3, -0.25) is 9.59 Å². The summed E-state index contributed by atoms with van der Waals surface area (Å²) in [4.78, 5) is 38.0. The van der Waals surface area contributed by atoms with Gasteiger partial charge >= 0.3 is 5.97 Å². The molecule has 0 bridgehead atoms. The lowest BCUT2D eigenvalue weighted by Gasteiger charge is -2.22. The summed E-state index contributed by atoms with van der Waals surface area (Å²) in [5.41, 5.74) is 1.75. The smallest absolute Gasteiger partial charge is 0.341 e. The fourth-order valence-corrected chi connectivity index (χ4v) is 4.76. The van der Waals surface area contributed by atoms with Gasteiger partial charge in [0.1, 0.15) is 10.8 Å². The average molecular weight is 459 g/mol. The number of esters is 1. The fraction of sp³-hybridized carbons (Fsp3) is 0.458. The second kappa shape index (κ2) is 11.1. The molecule has 1 heterocycles. The van der Waals surface area contributed by atoms with Gasteiger partial charge in [-0.05, 0) is 63.4 Å². The van der Waals surface area contributed by atoms with Crippen molar-refractivity contribution >= 4 is 34.1 Å². The molecule has 1 aromatic carbocycles. The second-order valence-electron chi connectivity index (χ2n) is 7.88. The third-order valence-corrected chi connectivity index (χ3v) is 6.67. The zero-order valence-electron chi connectivity index (χ0n) is 18.8. The average Bonchev–Trinajstić information content (AvgIpc) is 3.06. The van der Waals surface area contributed by atoms with Crippen molar-refractivity contribution in [2.75, 3.05) is 18.5 Å². The maximum atomic E-state index is 12.4. The Kier molecular flexibility index (Phi) is 8.27. The first-order valence-electron chi connectivity index (χ1n) is 11.0. The molecule has 0 aliphatic heterocycles. The van der Waals surface area contributed by atoms with Crippen LogP contribution < -0.4 is 15.4 Å². The number of ether oxygens (including phenoxy) is 2. The molecule has 32 heavy (non-hydrogen) atoms. The monoisotopic (exact) mass is 458 g/mol. The molecule has 1 aliphatic carbocycles. The number of hydrogen-bond donors (Lipinski definition) is 2. The quantitative estimate of drug-likeness (QED) is 0.563. The Hall–Kier alpha value is -2.87. The highest BCUT2D eigenvalue weighted by Gasteiger charge is 2.22. The third-order valence-electron chi connectivity index (χ3n) is 5.54. The normalized spacial score (nSPS) is 14.0. The summed E-state index contributed by atoms with van der Waals surface area (Å²) in [6.07, 6.45) is 5.62. The molecule has 0 unspecified atom stereocenters. The molecule has 1 aliphatic rings. The number of rotatable bonds is 8. The van der Waals surface area contributed by atoms with Gasteiger partial charge in [-0.25, -0.2) is 4.79 Å². The van der Waals surface area contributed by atoms with E-state index in [0.717, 1.165) is 36.1 Å². The van der Waals surface area contributed by atoms with Crippen LogP contribution in [0.1, 0.15) is 70.2 Å². The third kappa shape index (κ3) is 6.09. The van der Waals surface area contributed by atoms with E-state index < -0.39 is 5.97 Å². The highest BCUT2D eigenvalue weighted by atomic mass is 32.1. The Balaban J connectivity index is 1.53. The molecule has 0 radical (unpaired) electrons. The minimum absolute atomic E-state index is 0.0869. The van der Waals surface area contributed by atoms with Crippen LogP contribution in [0.3, 0.4) is 0 Å². The van der Waals surface area contributed by atoms with E-state index in [1.54, 1.807) is 31.2 Å². The number of carbonyl (C=O) groups excluding carboxylic acids is 3. The Labute approximate surface area is 192 Å². The number of anilines is 1. The minimum atomic E-state index is -0.451. The molecule has 2 N–H and O–H groups in total. The van der Waals surface area contributed by atoms with Crippen LogP contribution in [0.2, 0.25) is 0 Å². The van der Waals surface area contributed by atoms with E-state index in [0.29, 0.717) is 21.9 Å². The zero-order valence-corrected chi connectivity index (χ0v) is 19.6. The van der Waals surface area contributed by atoms with E-state index in [4.69, 9.17) is 9.47 Å². The van der Waals surface area contributed by atoms with Gasteiger partial charge in [0.25, 0.3) is 11.8 Å². The fourth-order valence-electron chi connectivity index (χ4n) is 3.69. The van der Waals surface area contributed by atoms with Crippen LogP contribution in [0.15, 0.2) is 24.3 Å². The number of benzene rings is 1. The first-order chi connectivity index (χ1) is 15.4. The number of nitrogens with one attached hydrogen (secondary N) is 2. The molecule has 1 saturated carbocycles. The van der Waals surface area contributed by atoms with Crippen molar-refractivity contribution in [3.63, 3.8) is 0 Å². The highest BCUT2D eigenvalue weighted by Crippen LogP contribution is 2.33. The lowest BCUT2D eigenvalue weighted by molar-refractivity contribution is -0.118. The molecule has 8 heteroatoms. The van der Waals surface area contributed by atoms with Gasteiger partial charge in [-0.15, -0.1) is 11.3 Å². The first-order valence-corrected chi connectivity index (χ1v) is 11.8. The molecule has 172 valence electrons. The molecule has 2 aromatic rings. The summed E-state index contributed by atoms with van der Waals surface area (Å²) in [6.45, 7) is 5.50. The molecular weight excluding hydrogens is 428 g/mol. The van der Waals surface area contributed by atoms with Crippen LogP contribution in [0.4, 0.5) is 5.00 Å². The summed E-state index contributed by atoms with van der Waals surface area (Å²) in [5, 5.41) is 6.29. The maximum absolute atomic E-state index is 12.4. The van der Waals surface area contributed by atoms with E-state index in [1.165, 1.54) is 17.8 Å². The Morgan fingerprint density at radius 3 is 2.41 bits per heavy atom. The van der Waals surface area contributed by atoms with Gasteiger partial charge in [0.2, 0.25) is 0 Å². The number of thiophene rings is 1. The predicted octanol–water partition coefficient (Wildman–Crippen LogP) is 4.62. The second-order valence-corrected chi connectivity index (χ2v) is 9.10. The highest BCUT2D eigenvalue weighted by molar-refractivity contribution is 7.16. The molecule has 3 rings (SSSR count). The summed E-state index contributed by atoms with van der Waals surface area (Å²) >= 11 is 1.33. The van der Waals surface area contributed by atoms with Gasteiger partial charge < -0.3 is 20.1 Å². The van der Waals surface area contributed by atoms with E-state index in [1.807, 2.05) is 13.8 Å². The summed E-state index contributed by atoms with van der Waals surface area (Å²) in [6, 6.07) is 6.98. The Morgan fingerprint density at radius 1 is 1.06 bits per heavy atom. The van der Waals surface area contributed by atoms with E-state index in [9.17, 15) is 14.4 Å². The lowest BCUT2D eigenvalue weighted by atomic mass is 9.95. The molecule has 1 aromatic heterocycles. The Morgan fingerprint density at radius 2 is 1.75 bits per heavy atom. The number of hydrogen-bond acceptors (Lipinski definition) is 6. The van der Waals surface area contributed by atoms with Crippen molar-refractivity contribution in [1.29, 1.82) is 0 Å². The van der Waals surface area contributed by atoms with E-state index in [-0.39, 0.29) is 31.1 Å². The maximum Gasteiger partial charge on any atom is 0.341 e. The van der Waals surface area contributed by atoms with Crippen LogP contribution >= 0.6 is 11.3 Å². The molecule has 0 atom stereocenters. The van der Waals surface area contributed by atoms with Crippen LogP contribution in [0.25, 0.3) is 0 Å². The van der Waals surface area contributed by atoms with E-state index >= 15 is 0 Å². The standard InChI is InChI=1S/C24H30N2O5S/c1-4-30-24(29)21-15(2)16(3)32-23(21)26-20(27)14-31-19-12-10-17(11-13-19)22(28)25-18-8-6-5-7-9-18/h10-13,18H,4-9,14H2,1-3H3,(H,25,28)(H,26,27). The zero-order chi connectivity index (χ0) is 23.1. The van der Waals surface area contributed by atoms with Crippen molar-refractivity contribution < 1.29 is 23.9 Å². The molecular formula is C24H30N2O5S. The van der Waals surface area contributed by atoms with Gasteiger partial charge in [0.15, 0.2) is 6.61 Å². The van der Waals surface area contributed by atoms with Crippen LogP contribution in [0.5, 0.6) is 5.75 Å². The number of aryl methyl sites for hydroxylation is 1. The van der Waals surface area contributed by atoms with Gasteiger partial charge in [0.05, 0.1) is 12.2 Å². The molecule has 1 fully saturated rings. The number of carbonyl (C=O) groups is 3. The van der Waals surface area contributed by atoms with E-state index in [2.05, 4.69) is 10.6 Å². The SMILES string of the molecule is CCOC(=O)c1c(NC(=O)COc2ccc(C(=O)NC3CCCCC3)cc2)sc(C)c1C. The van der Waals surface area contributed by atoms with Gasteiger partial charge in [-0.2, -0.15) is 0 Å². The van der Waals surface area contributed by atoms with Crippen LogP contribution in [-0.2, 0) is 9.53 Å². The first kappa shape index (κ1) is 23.8. The molecule has 7 nitrogen and oxygen atoms in total. The van der Waals surface area contributed by atoms with Crippen molar-refractivity contribution in [3.8, 4) is 5.75 Å². The van der Waals surface area contributed by atoms with Crippen LogP contribution in [-0.4, -0.2) is 37.0 Å². The van der Waals surface area contributed by atoms with Crippen molar-refractivity contribution in [2.24, 2.45) is 0 Å². The van der Waals surface area contributed by atoms with Crippen molar-refractivity contribution in [3.05, 3.63) is 45.8 Å².